The van der Waals surface area contributed by atoms with E-state index in [-0.39, 0.29) is 19.7 Å². The molecule has 1 heterocycles. The van der Waals surface area contributed by atoms with Gasteiger partial charge in [-0.1, -0.05) is 26.0 Å². The topological polar surface area (TPSA) is 67.9 Å². The van der Waals surface area contributed by atoms with Gasteiger partial charge in [0.05, 0.1) is 6.54 Å². The van der Waals surface area contributed by atoms with Crippen LogP contribution in [0.5, 0.6) is 5.75 Å². The predicted octanol–water partition coefficient (Wildman–Crippen LogP) is 3.47. The first kappa shape index (κ1) is 21.8. The molecule has 2 amide bonds. The van der Waals surface area contributed by atoms with Crippen LogP contribution in [0.4, 0.5) is 18.0 Å². The van der Waals surface area contributed by atoms with Crippen LogP contribution in [0.2, 0.25) is 0 Å². The zero-order chi connectivity index (χ0) is 20.7. The van der Waals surface area contributed by atoms with Crippen LogP contribution in [0.15, 0.2) is 24.3 Å². The summed E-state index contributed by atoms with van der Waals surface area (Å²) in [5.41, 5.74) is 1.19. The first-order chi connectivity index (χ1) is 13.2. The lowest BCUT2D eigenvalue weighted by Crippen LogP contribution is -2.47. The van der Waals surface area contributed by atoms with Crippen molar-refractivity contribution in [2.75, 3.05) is 26.3 Å². The van der Waals surface area contributed by atoms with Gasteiger partial charge < -0.3 is 14.8 Å². The Balaban J connectivity index is 1.74. The Morgan fingerprint density at radius 2 is 1.93 bits per heavy atom. The molecule has 0 radical (unpaired) electrons. The number of hydrogen-bond acceptors (Lipinski definition) is 4. The molecule has 2 rings (SSSR count). The van der Waals surface area contributed by atoms with Crippen LogP contribution in [0.25, 0.3) is 0 Å². The number of nitrogens with zero attached hydrogens (tertiary/aromatic N) is 1. The van der Waals surface area contributed by atoms with Gasteiger partial charge in [-0.15, -0.1) is 0 Å². The largest absolute Gasteiger partial charge is 0.492 e. The van der Waals surface area contributed by atoms with Gasteiger partial charge in [0.25, 0.3) is 0 Å². The number of halogens is 3. The average Bonchev–Trinajstić information content (AvgIpc) is 3.13. The fraction of sp³-hybridized carbons (Fsp3) is 0.579. The smallest absolute Gasteiger partial charge is 0.422 e. The molecule has 0 saturated carbocycles. The quantitative estimate of drug-likeness (QED) is 0.710. The highest BCUT2D eigenvalue weighted by Crippen LogP contribution is 2.21. The summed E-state index contributed by atoms with van der Waals surface area (Å²) in [5, 5.41) is 2.65. The first-order valence-corrected chi connectivity index (χ1v) is 9.18. The number of ether oxygens (including phenoxy) is 2. The Hall–Kier alpha value is -2.45. The van der Waals surface area contributed by atoms with Crippen LogP contribution in [-0.2, 0) is 9.53 Å². The maximum atomic E-state index is 12.3. The molecule has 28 heavy (non-hydrogen) atoms. The second kappa shape index (κ2) is 9.66. The zero-order valence-electron chi connectivity index (χ0n) is 15.9. The molecular weight excluding hydrogens is 377 g/mol. The Kier molecular flexibility index (Phi) is 7.53. The van der Waals surface area contributed by atoms with E-state index in [4.69, 9.17) is 4.74 Å². The van der Waals surface area contributed by atoms with Gasteiger partial charge in [0.2, 0.25) is 5.91 Å². The van der Waals surface area contributed by atoms with Crippen molar-refractivity contribution in [3.8, 4) is 5.75 Å². The first-order valence-electron chi connectivity index (χ1n) is 9.18. The van der Waals surface area contributed by atoms with E-state index in [0.29, 0.717) is 24.5 Å². The van der Waals surface area contributed by atoms with Crippen LogP contribution < -0.4 is 10.1 Å². The SMILES string of the molecule is CC(C)c1ccc(OCCNC(=O)C2CCCN2C(=O)OCC(F)(F)F)cc1. The highest BCUT2D eigenvalue weighted by atomic mass is 19.4. The van der Waals surface area contributed by atoms with Gasteiger partial charge in [-0.2, -0.15) is 13.2 Å². The lowest BCUT2D eigenvalue weighted by atomic mass is 10.0. The van der Waals surface area contributed by atoms with Crippen molar-refractivity contribution < 1.29 is 32.2 Å². The van der Waals surface area contributed by atoms with E-state index in [0.717, 1.165) is 4.90 Å². The third kappa shape index (κ3) is 6.61. The Morgan fingerprint density at radius 3 is 2.54 bits per heavy atom. The molecule has 0 aliphatic carbocycles. The normalized spacial score (nSPS) is 16.9. The molecule has 1 N–H and O–H groups in total. The van der Waals surface area contributed by atoms with Gasteiger partial charge in [-0.3, -0.25) is 9.69 Å². The molecular formula is C19H25F3N2O4. The molecule has 0 bridgehead atoms. The Morgan fingerprint density at radius 1 is 1.25 bits per heavy atom. The number of carbonyl (C=O) groups is 2. The molecule has 1 aromatic rings. The maximum absolute atomic E-state index is 12.3. The monoisotopic (exact) mass is 402 g/mol. The van der Waals surface area contributed by atoms with Crippen LogP contribution in [0.1, 0.15) is 38.2 Å². The van der Waals surface area contributed by atoms with Crippen molar-refractivity contribution in [3.05, 3.63) is 29.8 Å². The minimum Gasteiger partial charge on any atom is -0.492 e. The van der Waals surface area contributed by atoms with E-state index < -0.39 is 30.8 Å². The molecule has 1 fully saturated rings. The predicted molar refractivity (Wildman–Crippen MR) is 96.2 cm³/mol. The summed E-state index contributed by atoms with van der Waals surface area (Å²) < 4.78 is 46.3. The summed E-state index contributed by atoms with van der Waals surface area (Å²) >= 11 is 0. The molecule has 1 aromatic carbocycles. The van der Waals surface area contributed by atoms with E-state index in [1.54, 1.807) is 0 Å². The van der Waals surface area contributed by atoms with Crippen molar-refractivity contribution in [2.45, 2.75) is 44.8 Å². The summed E-state index contributed by atoms with van der Waals surface area (Å²) in [6, 6.07) is 6.83. The maximum Gasteiger partial charge on any atom is 0.422 e. The van der Waals surface area contributed by atoms with Crippen molar-refractivity contribution in [1.29, 1.82) is 0 Å². The van der Waals surface area contributed by atoms with E-state index in [1.165, 1.54) is 5.56 Å². The van der Waals surface area contributed by atoms with Gasteiger partial charge in [-0.05, 0) is 36.5 Å². The Bertz CT molecular complexity index is 662. The molecule has 6 nitrogen and oxygen atoms in total. The third-order valence-electron chi connectivity index (χ3n) is 4.37. The van der Waals surface area contributed by atoms with Crippen molar-refractivity contribution in [3.63, 3.8) is 0 Å². The van der Waals surface area contributed by atoms with Crippen molar-refractivity contribution in [2.24, 2.45) is 0 Å². The number of benzene rings is 1. The highest BCUT2D eigenvalue weighted by Gasteiger charge is 2.37. The number of nitrogens with one attached hydrogen (secondary N) is 1. The molecule has 1 atom stereocenters. The summed E-state index contributed by atoms with van der Waals surface area (Å²) in [5.74, 6) is 0.669. The molecule has 1 unspecified atom stereocenters. The van der Waals surface area contributed by atoms with Crippen molar-refractivity contribution in [1.82, 2.24) is 10.2 Å². The molecule has 1 aliphatic heterocycles. The van der Waals surface area contributed by atoms with Crippen LogP contribution in [0.3, 0.4) is 0 Å². The van der Waals surface area contributed by atoms with Crippen LogP contribution in [-0.4, -0.2) is 55.4 Å². The van der Waals surface area contributed by atoms with E-state index in [9.17, 15) is 22.8 Å². The molecule has 156 valence electrons. The van der Waals surface area contributed by atoms with Gasteiger partial charge in [-0.25, -0.2) is 4.79 Å². The number of hydrogen-bond donors (Lipinski definition) is 1. The molecule has 0 aromatic heterocycles. The molecule has 9 heteroatoms. The average molecular weight is 402 g/mol. The number of carbonyl (C=O) groups excluding carboxylic acids is 2. The van der Waals surface area contributed by atoms with Crippen LogP contribution in [0, 0.1) is 0 Å². The summed E-state index contributed by atoms with van der Waals surface area (Å²) in [4.78, 5) is 25.1. The summed E-state index contributed by atoms with van der Waals surface area (Å²) in [7, 11) is 0. The summed E-state index contributed by atoms with van der Waals surface area (Å²) in [6.07, 6.45) is -4.82. The number of alkyl halides is 3. The standard InChI is InChI=1S/C19H25F3N2O4/c1-13(2)14-5-7-15(8-6-14)27-11-9-23-17(25)16-4-3-10-24(16)18(26)28-12-19(20,21)22/h5-8,13,16H,3-4,9-12H2,1-2H3,(H,23,25). The second-order valence-corrected chi connectivity index (χ2v) is 6.88. The number of likely N-dealkylation sites (tertiary alicyclic amines) is 1. The molecule has 1 saturated heterocycles. The molecule has 0 spiro atoms. The second-order valence-electron chi connectivity index (χ2n) is 6.88. The Labute approximate surface area is 162 Å². The minimum absolute atomic E-state index is 0.188. The number of amides is 2. The fourth-order valence-corrected chi connectivity index (χ4v) is 2.89. The zero-order valence-corrected chi connectivity index (χ0v) is 15.9. The highest BCUT2D eigenvalue weighted by molar-refractivity contribution is 5.86. The number of rotatable bonds is 7. The van der Waals surface area contributed by atoms with E-state index in [2.05, 4.69) is 23.9 Å². The minimum atomic E-state index is -4.60. The van der Waals surface area contributed by atoms with E-state index >= 15 is 0 Å². The fourth-order valence-electron chi connectivity index (χ4n) is 2.89. The van der Waals surface area contributed by atoms with Gasteiger partial charge in [0.15, 0.2) is 6.61 Å². The molecule has 1 aliphatic rings. The third-order valence-corrected chi connectivity index (χ3v) is 4.37. The lowest BCUT2D eigenvalue weighted by molar-refractivity contribution is -0.162. The van der Waals surface area contributed by atoms with E-state index in [1.807, 2.05) is 24.3 Å². The lowest BCUT2D eigenvalue weighted by Gasteiger charge is -2.23. The van der Waals surface area contributed by atoms with Gasteiger partial charge >= 0.3 is 12.3 Å². The van der Waals surface area contributed by atoms with Gasteiger partial charge in [0, 0.05) is 6.54 Å². The summed E-state index contributed by atoms with van der Waals surface area (Å²) in [6.45, 7) is 3.16. The van der Waals surface area contributed by atoms with Crippen molar-refractivity contribution >= 4 is 12.0 Å². The van der Waals surface area contributed by atoms with Gasteiger partial charge in [0.1, 0.15) is 18.4 Å². The van der Waals surface area contributed by atoms with Crippen LogP contribution >= 0.6 is 0 Å².